The number of urea groups is 1. The molecule has 0 saturated carbocycles. The quantitative estimate of drug-likeness (QED) is 0.217. The lowest BCUT2D eigenvalue weighted by Gasteiger charge is -2.37. The number of nitrogens with one attached hydrogen (secondary N) is 3. The molecule has 0 spiro atoms. The van der Waals surface area contributed by atoms with Crippen LogP contribution in [0.5, 0.6) is 5.75 Å². The van der Waals surface area contributed by atoms with Gasteiger partial charge < -0.3 is 30.7 Å². The monoisotopic (exact) mass is 668 g/mol. The van der Waals surface area contributed by atoms with E-state index in [1.807, 2.05) is 26.8 Å². The normalized spacial score (nSPS) is 15.1. The first-order valence-electron chi connectivity index (χ1n) is 15.4. The van der Waals surface area contributed by atoms with Gasteiger partial charge in [0.05, 0.1) is 18.8 Å². The second-order valence-corrected chi connectivity index (χ2v) is 12.8. The number of nitrogens with zero attached hydrogens (tertiary/aromatic N) is 3. The number of ether oxygens (including phenoxy) is 1. The summed E-state index contributed by atoms with van der Waals surface area (Å²) >= 11 is 6.14. The Morgan fingerprint density at radius 1 is 1.04 bits per heavy atom. The number of phenolic OH excluding ortho intramolecular Hbond substituents is 1. The van der Waals surface area contributed by atoms with Crippen LogP contribution in [-0.2, 0) is 21.4 Å². The van der Waals surface area contributed by atoms with Gasteiger partial charge in [-0.3, -0.25) is 14.3 Å². The highest BCUT2D eigenvalue weighted by atomic mass is 35.5. The zero-order valence-electron chi connectivity index (χ0n) is 27.1. The van der Waals surface area contributed by atoms with Crippen LogP contribution in [-0.4, -0.2) is 69.0 Å². The predicted molar refractivity (Wildman–Crippen MR) is 183 cm³/mol. The first kappa shape index (κ1) is 34.0. The summed E-state index contributed by atoms with van der Waals surface area (Å²) in [5.74, 6) is 5.41. The molecular formula is C36H37ClN6O5. The van der Waals surface area contributed by atoms with Crippen molar-refractivity contribution in [2.75, 3.05) is 25.1 Å². The van der Waals surface area contributed by atoms with E-state index in [1.165, 1.54) is 11.0 Å². The van der Waals surface area contributed by atoms with Crippen LogP contribution in [0.2, 0.25) is 5.02 Å². The molecule has 1 saturated heterocycles. The van der Waals surface area contributed by atoms with Crippen molar-refractivity contribution in [3.63, 3.8) is 0 Å². The summed E-state index contributed by atoms with van der Waals surface area (Å²) in [7, 11) is 1.77. The summed E-state index contributed by atoms with van der Waals surface area (Å²) in [6.07, 6.45) is 1.76. The van der Waals surface area contributed by atoms with Gasteiger partial charge in [-0.15, -0.1) is 0 Å². The summed E-state index contributed by atoms with van der Waals surface area (Å²) in [6.45, 7) is 5.98. The number of anilines is 1. The molecule has 12 heteroatoms. The average molecular weight is 669 g/mol. The maximum absolute atomic E-state index is 14.0. The minimum atomic E-state index is -1.01. The van der Waals surface area contributed by atoms with Crippen LogP contribution >= 0.6 is 11.6 Å². The number of aromatic nitrogens is 2. The lowest BCUT2D eigenvalue weighted by atomic mass is 10.0. The van der Waals surface area contributed by atoms with Gasteiger partial charge in [-0.1, -0.05) is 53.8 Å². The molecule has 1 aromatic heterocycles. The van der Waals surface area contributed by atoms with Crippen molar-refractivity contribution in [1.29, 1.82) is 0 Å². The van der Waals surface area contributed by atoms with E-state index >= 15 is 0 Å². The molecule has 0 aliphatic carbocycles. The Labute approximate surface area is 284 Å². The molecular weight excluding hydrogens is 632 g/mol. The molecule has 48 heavy (non-hydrogen) atoms. The molecule has 1 aliphatic heterocycles. The van der Waals surface area contributed by atoms with E-state index in [4.69, 9.17) is 16.3 Å². The molecule has 0 bridgehead atoms. The SMILES string of the molecule is Cn1cc(C#Cc2ccc(NC(=O)[C@@H]3COCCN3C(=O)[C@@H](NC(=O)NC(C)(C)C)c3ccccc3)cc2)c(-c2cc(Cl)ccc2O)n1. The molecule has 2 heterocycles. The fourth-order valence-electron chi connectivity index (χ4n) is 5.17. The Balaban J connectivity index is 1.30. The zero-order valence-corrected chi connectivity index (χ0v) is 27.8. The van der Waals surface area contributed by atoms with Crippen LogP contribution in [0, 0.1) is 11.8 Å². The lowest BCUT2D eigenvalue weighted by Crippen LogP contribution is -2.58. The number of benzene rings is 3. The number of aromatic hydroxyl groups is 1. The molecule has 4 N–H and O–H groups in total. The van der Waals surface area contributed by atoms with E-state index in [-0.39, 0.29) is 25.5 Å². The minimum Gasteiger partial charge on any atom is -0.507 e. The first-order valence-corrected chi connectivity index (χ1v) is 15.7. The Hall–Kier alpha value is -5.31. The Kier molecular flexibility index (Phi) is 10.4. The number of rotatable bonds is 6. The standard InChI is InChI=1S/C36H37ClN6O5/c1-36(2,3)40-35(47)39-32(24-8-6-5-7-9-24)34(46)43-18-19-48-22-29(43)33(45)38-27-15-11-23(12-16-27)10-13-25-21-42(4)41-31(25)28-20-26(37)14-17-30(28)44/h5-9,11-12,14-17,20-21,29,32,44H,18-19,22H2,1-4H3,(H,38,45)(H2,39,40,47)/t29-,32-/m0/s1. The van der Waals surface area contributed by atoms with Crippen LogP contribution in [0.3, 0.4) is 0 Å². The second kappa shape index (κ2) is 14.6. The van der Waals surface area contributed by atoms with Crippen molar-refractivity contribution < 1.29 is 24.2 Å². The molecule has 0 radical (unpaired) electrons. The molecule has 5 rings (SSSR count). The van der Waals surface area contributed by atoms with Crippen molar-refractivity contribution in [3.05, 3.63) is 101 Å². The molecule has 4 aromatic rings. The molecule has 1 fully saturated rings. The largest absolute Gasteiger partial charge is 0.507 e. The molecule has 11 nitrogen and oxygen atoms in total. The number of phenols is 1. The van der Waals surface area contributed by atoms with Gasteiger partial charge in [-0.2, -0.15) is 5.10 Å². The van der Waals surface area contributed by atoms with E-state index in [2.05, 4.69) is 32.9 Å². The van der Waals surface area contributed by atoms with Crippen molar-refractivity contribution in [2.45, 2.75) is 38.4 Å². The number of carbonyl (C=O) groups excluding carboxylic acids is 3. The number of aryl methyl sites for hydroxylation is 1. The van der Waals surface area contributed by atoms with Crippen LogP contribution < -0.4 is 16.0 Å². The average Bonchev–Trinajstić information content (AvgIpc) is 3.43. The van der Waals surface area contributed by atoms with E-state index in [0.717, 1.165) is 0 Å². The van der Waals surface area contributed by atoms with E-state index in [1.54, 1.807) is 78.6 Å². The highest BCUT2D eigenvalue weighted by Gasteiger charge is 2.37. The summed E-state index contributed by atoms with van der Waals surface area (Å²) in [4.78, 5) is 41.8. The smallest absolute Gasteiger partial charge is 0.316 e. The van der Waals surface area contributed by atoms with Gasteiger partial charge in [-0.05, 0) is 68.8 Å². The summed E-state index contributed by atoms with van der Waals surface area (Å²) < 4.78 is 7.21. The molecule has 4 amide bonds. The highest BCUT2D eigenvalue weighted by molar-refractivity contribution is 6.31. The van der Waals surface area contributed by atoms with Gasteiger partial charge in [-0.25, -0.2) is 4.79 Å². The van der Waals surface area contributed by atoms with Crippen LogP contribution in [0.4, 0.5) is 10.5 Å². The summed E-state index contributed by atoms with van der Waals surface area (Å²) in [5, 5.41) is 23.8. The van der Waals surface area contributed by atoms with Gasteiger partial charge >= 0.3 is 6.03 Å². The zero-order chi connectivity index (χ0) is 34.4. The number of amides is 4. The summed E-state index contributed by atoms with van der Waals surface area (Å²) in [6, 6.07) is 18.2. The molecule has 1 aliphatic rings. The first-order chi connectivity index (χ1) is 22.9. The molecule has 248 valence electrons. The van der Waals surface area contributed by atoms with Crippen molar-refractivity contribution >= 4 is 35.1 Å². The highest BCUT2D eigenvalue weighted by Crippen LogP contribution is 2.32. The van der Waals surface area contributed by atoms with Crippen LogP contribution in [0.15, 0.2) is 79.0 Å². The fraction of sp³-hybridized carbons (Fsp3) is 0.278. The minimum absolute atomic E-state index is 0.00640. The predicted octanol–water partition coefficient (Wildman–Crippen LogP) is 4.85. The number of halogens is 1. The maximum Gasteiger partial charge on any atom is 0.316 e. The Morgan fingerprint density at radius 3 is 2.48 bits per heavy atom. The third-order valence-electron chi connectivity index (χ3n) is 7.39. The fourth-order valence-corrected chi connectivity index (χ4v) is 5.34. The van der Waals surface area contributed by atoms with Crippen molar-refractivity contribution in [3.8, 4) is 28.8 Å². The number of hydrogen-bond acceptors (Lipinski definition) is 6. The maximum atomic E-state index is 14.0. The summed E-state index contributed by atoms with van der Waals surface area (Å²) in [5.41, 5.74) is 2.86. The number of hydrogen-bond donors (Lipinski definition) is 4. The van der Waals surface area contributed by atoms with Crippen molar-refractivity contribution in [1.82, 2.24) is 25.3 Å². The number of carbonyl (C=O) groups is 3. The molecule has 0 unspecified atom stereocenters. The van der Waals surface area contributed by atoms with E-state index in [0.29, 0.717) is 38.7 Å². The van der Waals surface area contributed by atoms with E-state index in [9.17, 15) is 19.5 Å². The Morgan fingerprint density at radius 2 is 1.77 bits per heavy atom. The van der Waals surface area contributed by atoms with Gasteiger partial charge in [0.25, 0.3) is 5.91 Å². The third-order valence-corrected chi connectivity index (χ3v) is 7.63. The van der Waals surface area contributed by atoms with Gasteiger partial charge in [0.15, 0.2) is 0 Å². The third kappa shape index (κ3) is 8.53. The lowest BCUT2D eigenvalue weighted by molar-refractivity contribution is -0.148. The van der Waals surface area contributed by atoms with Gasteiger partial charge in [0, 0.05) is 47.2 Å². The second-order valence-electron chi connectivity index (χ2n) is 12.4. The van der Waals surface area contributed by atoms with Gasteiger partial charge in [0.2, 0.25) is 5.91 Å². The van der Waals surface area contributed by atoms with Gasteiger partial charge in [0.1, 0.15) is 23.5 Å². The van der Waals surface area contributed by atoms with Crippen molar-refractivity contribution in [2.24, 2.45) is 7.05 Å². The van der Waals surface area contributed by atoms with E-state index < -0.39 is 35.5 Å². The number of morpholine rings is 1. The van der Waals surface area contributed by atoms with Crippen LogP contribution in [0.1, 0.15) is 43.5 Å². The molecule has 3 aromatic carbocycles. The molecule has 2 atom stereocenters. The topological polar surface area (TPSA) is 138 Å². The van der Waals surface area contributed by atoms with Crippen LogP contribution in [0.25, 0.3) is 11.3 Å². The Bertz CT molecular complexity index is 1860.